The first-order valence-corrected chi connectivity index (χ1v) is 7.25. The van der Waals surface area contributed by atoms with Crippen LogP contribution >= 0.6 is 0 Å². The van der Waals surface area contributed by atoms with Crippen LogP contribution in [0.1, 0.15) is 33.6 Å². The van der Waals surface area contributed by atoms with Gasteiger partial charge in [-0.15, -0.1) is 0 Å². The van der Waals surface area contributed by atoms with E-state index >= 15 is 0 Å². The molecule has 1 unspecified atom stereocenters. The Bertz CT molecular complexity index is 364. The van der Waals surface area contributed by atoms with E-state index in [4.69, 9.17) is 9.47 Å². The topological polar surface area (TPSA) is 59.1 Å². The molecule has 0 aromatic heterocycles. The fraction of sp³-hybridized carbons (Fsp3) is 0.857. The summed E-state index contributed by atoms with van der Waals surface area (Å²) in [7, 11) is 0. The maximum Gasteiger partial charge on any atom is 0.410 e. The predicted molar refractivity (Wildman–Crippen MR) is 73.4 cm³/mol. The lowest BCUT2D eigenvalue weighted by Crippen LogP contribution is -2.53. The minimum atomic E-state index is -0.484. The van der Waals surface area contributed by atoms with Crippen LogP contribution in [0.25, 0.3) is 0 Å². The Hall–Kier alpha value is -1.30. The van der Waals surface area contributed by atoms with Gasteiger partial charge >= 0.3 is 6.09 Å². The molecule has 2 aliphatic heterocycles. The van der Waals surface area contributed by atoms with E-state index in [1.54, 1.807) is 9.80 Å². The molecule has 2 rings (SSSR count). The Morgan fingerprint density at radius 1 is 1.10 bits per heavy atom. The number of hydrogen-bond donors (Lipinski definition) is 0. The molecule has 0 aromatic rings. The standard InChI is InChI=1S/C14H24N2O4/c1-14(2,3)20-13(18)16-8-6-15(7-9-16)12(17)11-5-4-10-19-11/h11H,4-10H2,1-3H3. The van der Waals surface area contributed by atoms with Gasteiger partial charge in [0.1, 0.15) is 11.7 Å². The van der Waals surface area contributed by atoms with Crippen molar-refractivity contribution >= 4 is 12.0 Å². The highest BCUT2D eigenvalue weighted by Crippen LogP contribution is 2.17. The normalized spacial score (nSPS) is 23.9. The van der Waals surface area contributed by atoms with Crippen LogP contribution in [0.3, 0.4) is 0 Å². The molecular weight excluding hydrogens is 260 g/mol. The third kappa shape index (κ3) is 3.85. The van der Waals surface area contributed by atoms with Crippen molar-refractivity contribution < 1.29 is 19.1 Å². The van der Waals surface area contributed by atoms with E-state index in [1.807, 2.05) is 20.8 Å². The number of amides is 2. The van der Waals surface area contributed by atoms with E-state index in [1.165, 1.54) is 0 Å². The molecule has 0 N–H and O–H groups in total. The van der Waals surface area contributed by atoms with Gasteiger partial charge in [0.15, 0.2) is 0 Å². The largest absolute Gasteiger partial charge is 0.444 e. The van der Waals surface area contributed by atoms with E-state index in [2.05, 4.69) is 0 Å². The van der Waals surface area contributed by atoms with Crippen LogP contribution < -0.4 is 0 Å². The van der Waals surface area contributed by atoms with Crippen molar-refractivity contribution in [3.05, 3.63) is 0 Å². The third-order valence-electron chi connectivity index (χ3n) is 3.45. The fourth-order valence-corrected chi connectivity index (χ4v) is 2.41. The summed E-state index contributed by atoms with van der Waals surface area (Å²) in [5, 5.41) is 0. The molecule has 2 aliphatic rings. The summed E-state index contributed by atoms with van der Waals surface area (Å²) in [6, 6.07) is 0. The first kappa shape index (κ1) is 15.1. The minimum absolute atomic E-state index is 0.0614. The smallest absolute Gasteiger partial charge is 0.410 e. The molecule has 20 heavy (non-hydrogen) atoms. The molecule has 2 fully saturated rings. The zero-order valence-corrected chi connectivity index (χ0v) is 12.6. The van der Waals surface area contributed by atoms with Crippen molar-refractivity contribution in [1.82, 2.24) is 9.80 Å². The summed E-state index contributed by atoms with van der Waals surface area (Å²) < 4.78 is 10.7. The van der Waals surface area contributed by atoms with Gasteiger partial charge in [-0.3, -0.25) is 4.79 Å². The molecule has 6 heteroatoms. The SMILES string of the molecule is CC(C)(C)OC(=O)N1CCN(C(=O)C2CCCO2)CC1. The Morgan fingerprint density at radius 3 is 2.20 bits per heavy atom. The average Bonchev–Trinajstić information content (AvgIpc) is 2.90. The minimum Gasteiger partial charge on any atom is -0.444 e. The van der Waals surface area contributed by atoms with Crippen LogP contribution in [-0.2, 0) is 14.3 Å². The number of nitrogens with zero attached hydrogens (tertiary/aromatic N) is 2. The fourth-order valence-electron chi connectivity index (χ4n) is 2.41. The Labute approximate surface area is 120 Å². The van der Waals surface area contributed by atoms with Gasteiger partial charge in [0.2, 0.25) is 0 Å². The highest BCUT2D eigenvalue weighted by molar-refractivity contribution is 5.81. The number of ether oxygens (including phenoxy) is 2. The predicted octanol–water partition coefficient (Wildman–Crippen LogP) is 1.24. The van der Waals surface area contributed by atoms with Crippen LogP contribution in [0.4, 0.5) is 4.79 Å². The monoisotopic (exact) mass is 284 g/mol. The van der Waals surface area contributed by atoms with Gasteiger partial charge in [0, 0.05) is 32.8 Å². The zero-order valence-electron chi connectivity index (χ0n) is 12.6. The van der Waals surface area contributed by atoms with Crippen LogP contribution in [0.2, 0.25) is 0 Å². The summed E-state index contributed by atoms with van der Waals surface area (Å²) in [5.74, 6) is 0.0614. The van der Waals surface area contributed by atoms with Crippen molar-refractivity contribution in [3.63, 3.8) is 0 Å². The second-order valence-corrected chi connectivity index (χ2v) is 6.29. The molecule has 0 bridgehead atoms. The third-order valence-corrected chi connectivity index (χ3v) is 3.45. The molecule has 2 saturated heterocycles. The number of carbonyl (C=O) groups is 2. The zero-order chi connectivity index (χ0) is 14.8. The maximum atomic E-state index is 12.2. The molecule has 0 radical (unpaired) electrons. The van der Waals surface area contributed by atoms with Gasteiger partial charge in [-0.1, -0.05) is 0 Å². The molecule has 6 nitrogen and oxygen atoms in total. The summed E-state index contributed by atoms with van der Waals surface area (Å²) in [6.45, 7) is 8.37. The van der Waals surface area contributed by atoms with Gasteiger partial charge in [-0.2, -0.15) is 0 Å². The lowest BCUT2D eigenvalue weighted by atomic mass is 10.2. The molecular formula is C14H24N2O4. The summed E-state index contributed by atoms with van der Waals surface area (Å²) in [6.07, 6.45) is 1.18. The quantitative estimate of drug-likeness (QED) is 0.727. The number of rotatable bonds is 1. The van der Waals surface area contributed by atoms with Crippen molar-refractivity contribution in [2.24, 2.45) is 0 Å². The van der Waals surface area contributed by atoms with E-state index in [0.717, 1.165) is 12.8 Å². The second kappa shape index (κ2) is 5.99. The molecule has 0 aromatic carbocycles. The van der Waals surface area contributed by atoms with E-state index < -0.39 is 5.60 Å². The molecule has 1 atom stereocenters. The Balaban J connectivity index is 1.80. The van der Waals surface area contributed by atoms with Crippen LogP contribution in [0, 0.1) is 0 Å². The van der Waals surface area contributed by atoms with E-state index in [0.29, 0.717) is 32.8 Å². The van der Waals surface area contributed by atoms with Crippen molar-refractivity contribution in [2.75, 3.05) is 32.8 Å². The molecule has 2 heterocycles. The Kier molecular flexibility index (Phi) is 4.52. The molecule has 0 aliphatic carbocycles. The lowest BCUT2D eigenvalue weighted by Gasteiger charge is -2.36. The number of hydrogen-bond acceptors (Lipinski definition) is 4. The molecule has 0 spiro atoms. The van der Waals surface area contributed by atoms with Crippen molar-refractivity contribution in [2.45, 2.75) is 45.3 Å². The summed E-state index contributed by atoms with van der Waals surface area (Å²) in [5.41, 5.74) is -0.484. The first-order chi connectivity index (χ1) is 9.37. The number of carbonyl (C=O) groups excluding carboxylic acids is 2. The van der Waals surface area contributed by atoms with Crippen LogP contribution in [0.5, 0.6) is 0 Å². The van der Waals surface area contributed by atoms with E-state index in [-0.39, 0.29) is 18.1 Å². The van der Waals surface area contributed by atoms with Gasteiger partial charge in [-0.25, -0.2) is 4.79 Å². The first-order valence-electron chi connectivity index (χ1n) is 7.25. The van der Waals surface area contributed by atoms with Crippen LogP contribution in [-0.4, -0.2) is 66.3 Å². The maximum absolute atomic E-state index is 12.2. The molecule has 2 amide bonds. The highest BCUT2D eigenvalue weighted by atomic mass is 16.6. The van der Waals surface area contributed by atoms with Gasteiger partial charge in [0.25, 0.3) is 5.91 Å². The van der Waals surface area contributed by atoms with Crippen molar-refractivity contribution in [1.29, 1.82) is 0 Å². The van der Waals surface area contributed by atoms with Gasteiger partial charge in [-0.05, 0) is 33.6 Å². The highest BCUT2D eigenvalue weighted by Gasteiger charge is 2.32. The lowest BCUT2D eigenvalue weighted by molar-refractivity contribution is -0.142. The average molecular weight is 284 g/mol. The van der Waals surface area contributed by atoms with Gasteiger partial charge in [0.05, 0.1) is 0 Å². The summed E-state index contributed by atoms with van der Waals surface area (Å²) in [4.78, 5) is 27.5. The summed E-state index contributed by atoms with van der Waals surface area (Å²) >= 11 is 0. The van der Waals surface area contributed by atoms with E-state index in [9.17, 15) is 9.59 Å². The molecule has 0 saturated carbocycles. The molecule has 114 valence electrons. The second-order valence-electron chi connectivity index (χ2n) is 6.29. The van der Waals surface area contributed by atoms with Crippen molar-refractivity contribution in [3.8, 4) is 0 Å². The Morgan fingerprint density at radius 2 is 1.70 bits per heavy atom. The number of piperazine rings is 1. The van der Waals surface area contributed by atoms with Crippen LogP contribution in [0.15, 0.2) is 0 Å². The van der Waals surface area contributed by atoms with Gasteiger partial charge < -0.3 is 19.3 Å².